The molecule has 0 fully saturated rings. The van der Waals surface area contributed by atoms with Crippen molar-refractivity contribution in [3.63, 3.8) is 0 Å². The largest absolute Gasteiger partial charge is 0.323 e. The van der Waals surface area contributed by atoms with Gasteiger partial charge in [0.25, 0.3) is 0 Å². The molecule has 2 aromatic carbocycles. The van der Waals surface area contributed by atoms with Crippen LogP contribution in [0.1, 0.15) is 30.9 Å². The van der Waals surface area contributed by atoms with Crippen molar-refractivity contribution in [1.82, 2.24) is 4.98 Å². The summed E-state index contributed by atoms with van der Waals surface area (Å²) in [7, 11) is 0. The number of hydrogen-bond donors (Lipinski definition) is 3. The Morgan fingerprint density at radius 1 is 1.14 bits per heavy atom. The van der Waals surface area contributed by atoms with Gasteiger partial charge < -0.3 is 20.9 Å². The van der Waals surface area contributed by atoms with E-state index in [1.807, 2.05) is 13.0 Å². The number of halogens is 2. The predicted molar refractivity (Wildman–Crippen MR) is 134 cm³/mol. The van der Waals surface area contributed by atoms with Crippen LogP contribution in [0.2, 0.25) is 5.02 Å². The topological polar surface area (TPSA) is 103 Å². The maximum atomic E-state index is 14.7. The first-order valence-corrected chi connectivity index (χ1v) is 11.3. The van der Waals surface area contributed by atoms with Crippen molar-refractivity contribution < 1.29 is 18.8 Å². The van der Waals surface area contributed by atoms with Crippen molar-refractivity contribution in [3.05, 3.63) is 76.7 Å². The van der Waals surface area contributed by atoms with Crippen molar-refractivity contribution in [2.24, 2.45) is 0 Å². The highest BCUT2D eigenvalue weighted by Crippen LogP contribution is 2.40. The number of amides is 4. The van der Waals surface area contributed by atoms with E-state index in [2.05, 4.69) is 20.9 Å². The first-order chi connectivity index (χ1) is 16.8. The Bertz CT molecular complexity index is 1300. The SMILES string of the molecule is CCN1C(=O)C(c2cc(NC(=O)Nc3ccccc3)c(F)cc2Cl)Cc2cnc(NC(C)=O)cc21. The van der Waals surface area contributed by atoms with Crippen molar-refractivity contribution in [3.8, 4) is 0 Å². The molecule has 1 aliphatic heterocycles. The normalized spacial score (nSPS) is 14.8. The lowest BCUT2D eigenvalue weighted by Gasteiger charge is -2.34. The molecule has 1 atom stereocenters. The Balaban J connectivity index is 1.63. The number of para-hydroxylation sites is 1. The Hall–Kier alpha value is -3.98. The fourth-order valence-electron chi connectivity index (χ4n) is 4.05. The van der Waals surface area contributed by atoms with Gasteiger partial charge in [-0.2, -0.15) is 0 Å². The second-order valence-corrected chi connectivity index (χ2v) is 8.42. The molecular weight excluding hydrogens is 473 g/mol. The van der Waals surface area contributed by atoms with E-state index in [-0.39, 0.29) is 28.9 Å². The summed E-state index contributed by atoms with van der Waals surface area (Å²) in [5.74, 6) is -1.58. The van der Waals surface area contributed by atoms with Gasteiger partial charge in [-0.15, -0.1) is 0 Å². The van der Waals surface area contributed by atoms with Gasteiger partial charge in [0.15, 0.2) is 0 Å². The van der Waals surface area contributed by atoms with Crippen molar-refractivity contribution >= 4 is 52.3 Å². The minimum atomic E-state index is -0.723. The average Bonchev–Trinajstić information content (AvgIpc) is 2.81. The number of carbonyl (C=O) groups is 3. The molecular formula is C25H23ClFN5O3. The highest BCUT2D eigenvalue weighted by Gasteiger charge is 2.35. The monoisotopic (exact) mass is 495 g/mol. The minimum Gasteiger partial charge on any atom is -0.312 e. The molecule has 1 aromatic heterocycles. The lowest BCUT2D eigenvalue weighted by atomic mass is 9.86. The Kier molecular flexibility index (Phi) is 6.97. The van der Waals surface area contributed by atoms with Crippen molar-refractivity contribution in [2.75, 3.05) is 27.4 Å². The van der Waals surface area contributed by atoms with Crippen LogP contribution >= 0.6 is 11.6 Å². The molecule has 35 heavy (non-hydrogen) atoms. The van der Waals surface area contributed by atoms with E-state index < -0.39 is 17.8 Å². The zero-order valence-electron chi connectivity index (χ0n) is 19.1. The molecule has 3 aromatic rings. The fraction of sp³-hybridized carbons (Fsp3) is 0.200. The number of rotatable bonds is 5. The number of carbonyl (C=O) groups excluding carboxylic acids is 3. The summed E-state index contributed by atoms with van der Waals surface area (Å²) >= 11 is 6.36. The van der Waals surface area contributed by atoms with Crippen LogP contribution in [-0.4, -0.2) is 29.4 Å². The molecule has 1 unspecified atom stereocenters. The minimum absolute atomic E-state index is 0.0807. The molecule has 0 saturated heterocycles. The molecule has 0 spiro atoms. The summed E-state index contributed by atoms with van der Waals surface area (Å²) in [6.07, 6.45) is 1.88. The van der Waals surface area contributed by atoms with Crippen LogP contribution in [0.25, 0.3) is 0 Å². The van der Waals surface area contributed by atoms with Gasteiger partial charge in [0, 0.05) is 36.4 Å². The summed E-state index contributed by atoms with van der Waals surface area (Å²) < 4.78 is 14.7. The fourth-order valence-corrected chi connectivity index (χ4v) is 4.33. The molecule has 180 valence electrons. The molecule has 0 bridgehead atoms. The standard InChI is InChI=1S/C25H23ClFN5O3/c1-3-32-22-12-23(29-14(2)33)28-13-15(22)9-18(24(32)34)17-10-21(20(27)11-19(17)26)31-25(35)30-16-7-5-4-6-8-16/h4-8,10-13,18H,3,9H2,1-2H3,(H,28,29,33)(H2,30,31,35). The number of nitrogens with zero attached hydrogens (tertiary/aromatic N) is 2. The van der Waals surface area contributed by atoms with Crippen LogP contribution in [0, 0.1) is 5.82 Å². The number of likely N-dealkylation sites (N-methyl/N-ethyl adjacent to an activating group) is 1. The average molecular weight is 496 g/mol. The summed E-state index contributed by atoms with van der Waals surface area (Å²) in [6.45, 7) is 3.58. The Labute approximate surface area is 206 Å². The molecule has 3 N–H and O–H groups in total. The first kappa shape index (κ1) is 24.2. The van der Waals surface area contributed by atoms with Gasteiger partial charge in [0.2, 0.25) is 11.8 Å². The summed E-state index contributed by atoms with van der Waals surface area (Å²) in [6, 6.07) is 12.2. The molecule has 4 rings (SSSR count). The first-order valence-electron chi connectivity index (χ1n) is 11.0. The van der Waals surface area contributed by atoms with Crippen LogP contribution < -0.4 is 20.9 Å². The van der Waals surface area contributed by atoms with Crippen molar-refractivity contribution in [2.45, 2.75) is 26.2 Å². The molecule has 4 amide bonds. The van der Waals surface area contributed by atoms with E-state index in [1.54, 1.807) is 41.4 Å². The summed E-state index contributed by atoms with van der Waals surface area (Å²) in [5, 5.41) is 7.81. The zero-order chi connectivity index (χ0) is 25.1. The van der Waals surface area contributed by atoms with Gasteiger partial charge in [0.1, 0.15) is 11.6 Å². The molecule has 10 heteroatoms. The highest BCUT2D eigenvalue weighted by atomic mass is 35.5. The van der Waals surface area contributed by atoms with Crippen molar-refractivity contribution in [1.29, 1.82) is 0 Å². The number of fused-ring (bicyclic) bond motifs is 1. The Morgan fingerprint density at radius 2 is 1.89 bits per heavy atom. The van der Waals surface area contributed by atoms with Crippen LogP contribution in [0.4, 0.5) is 32.1 Å². The van der Waals surface area contributed by atoms with Crippen LogP contribution in [0.15, 0.2) is 54.7 Å². The third-order valence-electron chi connectivity index (χ3n) is 5.60. The lowest BCUT2D eigenvalue weighted by molar-refractivity contribution is -0.120. The molecule has 1 aliphatic rings. The van der Waals surface area contributed by atoms with Crippen LogP contribution in [0.5, 0.6) is 0 Å². The number of anilines is 4. The summed E-state index contributed by atoms with van der Waals surface area (Å²) in [4.78, 5) is 43.1. The van der Waals surface area contributed by atoms with E-state index in [9.17, 15) is 18.8 Å². The van der Waals surface area contributed by atoms with Gasteiger partial charge in [-0.3, -0.25) is 9.59 Å². The second-order valence-electron chi connectivity index (χ2n) is 8.02. The van der Waals surface area contributed by atoms with E-state index in [4.69, 9.17) is 11.6 Å². The number of urea groups is 1. The molecule has 2 heterocycles. The predicted octanol–water partition coefficient (Wildman–Crippen LogP) is 5.17. The maximum Gasteiger partial charge on any atom is 0.323 e. The summed E-state index contributed by atoms with van der Waals surface area (Å²) in [5.41, 5.74) is 2.26. The highest BCUT2D eigenvalue weighted by molar-refractivity contribution is 6.32. The molecule has 8 nitrogen and oxygen atoms in total. The number of aromatic nitrogens is 1. The second kappa shape index (κ2) is 10.1. The molecule has 0 saturated carbocycles. The third kappa shape index (κ3) is 5.25. The number of nitrogens with one attached hydrogen (secondary N) is 3. The van der Waals surface area contributed by atoms with E-state index in [0.717, 1.165) is 11.6 Å². The van der Waals surface area contributed by atoms with E-state index in [0.29, 0.717) is 29.3 Å². The molecule has 0 aliphatic carbocycles. The lowest BCUT2D eigenvalue weighted by Crippen LogP contribution is -2.40. The number of benzene rings is 2. The maximum absolute atomic E-state index is 14.7. The number of pyridine rings is 1. The smallest absolute Gasteiger partial charge is 0.312 e. The quantitative estimate of drug-likeness (QED) is 0.454. The van der Waals surface area contributed by atoms with Gasteiger partial charge in [0.05, 0.1) is 17.3 Å². The number of hydrogen-bond acceptors (Lipinski definition) is 4. The van der Waals surface area contributed by atoms with Gasteiger partial charge in [-0.25, -0.2) is 14.2 Å². The van der Waals surface area contributed by atoms with Gasteiger partial charge >= 0.3 is 6.03 Å². The van der Waals surface area contributed by atoms with Gasteiger partial charge in [-0.05, 0) is 48.7 Å². The van der Waals surface area contributed by atoms with E-state index in [1.165, 1.54) is 13.0 Å². The van der Waals surface area contributed by atoms with Gasteiger partial charge in [-0.1, -0.05) is 29.8 Å². The zero-order valence-corrected chi connectivity index (χ0v) is 19.8. The Morgan fingerprint density at radius 3 is 2.57 bits per heavy atom. The molecule has 0 radical (unpaired) electrons. The van der Waals surface area contributed by atoms with E-state index >= 15 is 0 Å². The van der Waals surface area contributed by atoms with Crippen LogP contribution in [0.3, 0.4) is 0 Å². The van der Waals surface area contributed by atoms with Crippen LogP contribution in [-0.2, 0) is 16.0 Å². The third-order valence-corrected chi connectivity index (χ3v) is 5.93.